The highest BCUT2D eigenvalue weighted by Gasteiger charge is 2.31. The van der Waals surface area contributed by atoms with Gasteiger partial charge in [0.15, 0.2) is 5.82 Å². The van der Waals surface area contributed by atoms with Crippen molar-refractivity contribution in [2.75, 3.05) is 20.1 Å². The van der Waals surface area contributed by atoms with E-state index in [1.807, 2.05) is 6.20 Å². The maximum atomic E-state index is 5.83. The average molecular weight is 345 g/mol. The Balaban J connectivity index is 1.28. The first-order valence-electron chi connectivity index (χ1n) is 9.28. The summed E-state index contributed by atoms with van der Waals surface area (Å²) in [5, 5.41) is 4.10. The van der Waals surface area contributed by atoms with Crippen molar-refractivity contribution < 1.29 is 8.94 Å². The summed E-state index contributed by atoms with van der Waals surface area (Å²) < 4.78 is 11.2. The van der Waals surface area contributed by atoms with E-state index in [9.17, 15) is 0 Å². The maximum absolute atomic E-state index is 5.83. The number of oxazole rings is 1. The molecule has 2 fully saturated rings. The summed E-state index contributed by atoms with van der Waals surface area (Å²) in [5.74, 6) is 4.33. The predicted octanol–water partition coefficient (Wildman–Crippen LogP) is 2.76. The van der Waals surface area contributed by atoms with Crippen molar-refractivity contribution in [3.05, 3.63) is 29.6 Å². The summed E-state index contributed by atoms with van der Waals surface area (Å²) >= 11 is 0. The number of nitrogens with zero attached hydrogens (tertiary/aromatic N) is 5. The average Bonchev–Trinajstić information content (AvgIpc) is 3.01. The van der Waals surface area contributed by atoms with Gasteiger partial charge in [0.2, 0.25) is 11.8 Å². The summed E-state index contributed by atoms with van der Waals surface area (Å²) in [4.78, 5) is 13.7. The number of hydrogen-bond donors (Lipinski definition) is 0. The van der Waals surface area contributed by atoms with Gasteiger partial charge in [-0.25, -0.2) is 4.98 Å². The lowest BCUT2D eigenvalue weighted by molar-refractivity contribution is 0.196. The third-order valence-corrected chi connectivity index (χ3v) is 5.18. The van der Waals surface area contributed by atoms with Gasteiger partial charge < -0.3 is 8.94 Å². The van der Waals surface area contributed by atoms with Crippen LogP contribution in [0.2, 0.25) is 0 Å². The minimum absolute atomic E-state index is 0.378. The molecule has 0 aromatic carbocycles. The van der Waals surface area contributed by atoms with Gasteiger partial charge in [-0.3, -0.25) is 9.80 Å². The largest absolute Gasteiger partial charge is 0.444 e. The van der Waals surface area contributed by atoms with Crippen molar-refractivity contribution in [2.45, 2.75) is 64.1 Å². The van der Waals surface area contributed by atoms with Crippen molar-refractivity contribution in [3.63, 3.8) is 0 Å². The van der Waals surface area contributed by atoms with Crippen LogP contribution in [0.1, 0.15) is 68.3 Å². The normalized spacial score (nSPS) is 21.7. The molecule has 1 saturated heterocycles. The molecule has 25 heavy (non-hydrogen) atoms. The molecule has 2 aromatic rings. The summed E-state index contributed by atoms with van der Waals surface area (Å²) in [6.45, 7) is 7.80. The van der Waals surface area contributed by atoms with Crippen LogP contribution in [0.4, 0.5) is 0 Å². The van der Waals surface area contributed by atoms with Crippen LogP contribution >= 0.6 is 0 Å². The van der Waals surface area contributed by atoms with E-state index in [0.29, 0.717) is 17.9 Å². The van der Waals surface area contributed by atoms with E-state index in [-0.39, 0.29) is 0 Å². The molecule has 0 N–H and O–H groups in total. The maximum Gasteiger partial charge on any atom is 0.240 e. The second-order valence-corrected chi connectivity index (χ2v) is 7.72. The van der Waals surface area contributed by atoms with E-state index in [1.54, 1.807) is 0 Å². The van der Waals surface area contributed by atoms with E-state index < -0.39 is 0 Å². The zero-order valence-corrected chi connectivity index (χ0v) is 15.3. The molecular formula is C18H27N5O2. The highest BCUT2D eigenvalue weighted by Crippen LogP contribution is 2.38. The molecule has 0 amide bonds. The molecule has 0 radical (unpaired) electrons. The van der Waals surface area contributed by atoms with Crippen LogP contribution in [0.15, 0.2) is 15.1 Å². The fourth-order valence-corrected chi connectivity index (χ4v) is 3.35. The molecule has 0 spiro atoms. The molecule has 7 nitrogen and oxygen atoms in total. The minimum atomic E-state index is 0.378. The first-order valence-corrected chi connectivity index (χ1v) is 9.28. The monoisotopic (exact) mass is 345 g/mol. The number of hydrogen-bond acceptors (Lipinski definition) is 7. The van der Waals surface area contributed by atoms with E-state index in [0.717, 1.165) is 56.0 Å². The molecule has 2 aliphatic rings. The van der Waals surface area contributed by atoms with Crippen LogP contribution in [-0.4, -0.2) is 51.1 Å². The lowest BCUT2D eigenvalue weighted by atomic mass is 10.2. The molecule has 3 heterocycles. The van der Waals surface area contributed by atoms with Crippen molar-refractivity contribution >= 4 is 0 Å². The fraction of sp³-hybridized carbons (Fsp3) is 0.722. The Kier molecular flexibility index (Phi) is 4.60. The number of likely N-dealkylation sites (tertiary alicyclic amines) is 1. The van der Waals surface area contributed by atoms with Gasteiger partial charge in [-0.1, -0.05) is 19.0 Å². The molecule has 136 valence electrons. The van der Waals surface area contributed by atoms with Gasteiger partial charge in [0.1, 0.15) is 5.76 Å². The zero-order chi connectivity index (χ0) is 17.4. The Morgan fingerprint density at radius 1 is 1.28 bits per heavy atom. The molecule has 1 atom stereocenters. The summed E-state index contributed by atoms with van der Waals surface area (Å²) in [5.41, 5.74) is 0. The molecule has 0 bridgehead atoms. The van der Waals surface area contributed by atoms with Crippen LogP contribution in [0.5, 0.6) is 0 Å². The van der Waals surface area contributed by atoms with Gasteiger partial charge >= 0.3 is 0 Å². The van der Waals surface area contributed by atoms with Crippen LogP contribution in [0.3, 0.4) is 0 Å². The summed E-state index contributed by atoms with van der Waals surface area (Å²) in [7, 11) is 2.14. The third kappa shape index (κ3) is 3.93. The van der Waals surface area contributed by atoms with E-state index in [2.05, 4.69) is 45.8 Å². The number of aromatic nitrogens is 3. The van der Waals surface area contributed by atoms with Gasteiger partial charge in [-0.15, -0.1) is 0 Å². The van der Waals surface area contributed by atoms with E-state index >= 15 is 0 Å². The molecule has 1 aliphatic carbocycles. The van der Waals surface area contributed by atoms with Crippen LogP contribution < -0.4 is 0 Å². The third-order valence-electron chi connectivity index (χ3n) is 5.18. The molecular weight excluding hydrogens is 318 g/mol. The lowest BCUT2D eigenvalue weighted by Gasteiger charge is -2.23. The van der Waals surface area contributed by atoms with Crippen LogP contribution in [-0.2, 0) is 13.1 Å². The Hall–Kier alpha value is -1.73. The Morgan fingerprint density at radius 3 is 2.84 bits per heavy atom. The molecule has 4 rings (SSSR count). The van der Waals surface area contributed by atoms with Crippen molar-refractivity contribution in [3.8, 4) is 0 Å². The number of rotatable bonds is 7. The van der Waals surface area contributed by atoms with Gasteiger partial charge in [-0.05, 0) is 26.3 Å². The summed E-state index contributed by atoms with van der Waals surface area (Å²) in [6.07, 6.45) is 5.39. The first kappa shape index (κ1) is 16.7. The van der Waals surface area contributed by atoms with E-state index in [4.69, 9.17) is 8.94 Å². The van der Waals surface area contributed by atoms with Crippen molar-refractivity contribution in [1.82, 2.24) is 24.9 Å². The standard InChI is InChI=1S/C18H27N5O2/c1-12(2)15-8-19-16(24-15)10-22(3)14-6-7-23(9-14)11-17-20-18(21-25-17)13-4-5-13/h8,12-14H,4-7,9-11H2,1-3H3/t14-/m0/s1. The molecule has 1 aliphatic heterocycles. The van der Waals surface area contributed by atoms with Crippen LogP contribution in [0.25, 0.3) is 0 Å². The number of likely N-dealkylation sites (N-methyl/N-ethyl adjacent to an activating group) is 1. The SMILES string of the molecule is CC(C)c1cnc(CN(C)[C@H]2CCN(Cc3nc(C4CC4)no3)C2)o1. The molecule has 1 saturated carbocycles. The van der Waals surface area contributed by atoms with Gasteiger partial charge in [0, 0.05) is 31.0 Å². The first-order chi connectivity index (χ1) is 12.1. The smallest absolute Gasteiger partial charge is 0.240 e. The Morgan fingerprint density at radius 2 is 2.12 bits per heavy atom. The quantitative estimate of drug-likeness (QED) is 0.764. The highest BCUT2D eigenvalue weighted by atomic mass is 16.5. The van der Waals surface area contributed by atoms with Gasteiger partial charge in [0.25, 0.3) is 0 Å². The van der Waals surface area contributed by atoms with Crippen LogP contribution in [0, 0.1) is 0 Å². The van der Waals surface area contributed by atoms with Crippen molar-refractivity contribution in [2.24, 2.45) is 0 Å². The Labute approximate surface area is 148 Å². The van der Waals surface area contributed by atoms with Gasteiger partial charge in [-0.2, -0.15) is 4.98 Å². The van der Waals surface area contributed by atoms with Crippen molar-refractivity contribution in [1.29, 1.82) is 0 Å². The molecule has 7 heteroatoms. The fourth-order valence-electron chi connectivity index (χ4n) is 3.35. The lowest BCUT2D eigenvalue weighted by Crippen LogP contribution is -2.34. The molecule has 2 aromatic heterocycles. The second-order valence-electron chi connectivity index (χ2n) is 7.72. The minimum Gasteiger partial charge on any atom is -0.444 e. The van der Waals surface area contributed by atoms with Gasteiger partial charge in [0.05, 0.1) is 19.3 Å². The second kappa shape index (κ2) is 6.88. The zero-order valence-electron chi connectivity index (χ0n) is 15.3. The Bertz CT molecular complexity index is 706. The topological polar surface area (TPSA) is 71.4 Å². The van der Waals surface area contributed by atoms with E-state index in [1.165, 1.54) is 12.8 Å². The highest BCUT2D eigenvalue weighted by molar-refractivity contribution is 5.03. The summed E-state index contributed by atoms with van der Waals surface area (Å²) in [6, 6.07) is 0.500. The molecule has 0 unspecified atom stereocenters. The predicted molar refractivity (Wildman–Crippen MR) is 92.0 cm³/mol.